The summed E-state index contributed by atoms with van der Waals surface area (Å²) in [5.74, 6) is -0.326. The zero-order valence-electron chi connectivity index (χ0n) is 20.0. The van der Waals surface area contributed by atoms with Crippen molar-refractivity contribution < 1.29 is 4.79 Å². The van der Waals surface area contributed by atoms with Gasteiger partial charge in [-0.25, -0.2) is 9.67 Å². The highest BCUT2D eigenvalue weighted by Crippen LogP contribution is 2.31. The van der Waals surface area contributed by atoms with Gasteiger partial charge in [0.2, 0.25) is 5.91 Å². The molecule has 1 N–H and O–H groups in total. The maximum atomic E-state index is 12.8. The molecule has 2 heterocycles. The van der Waals surface area contributed by atoms with Gasteiger partial charge in [-0.2, -0.15) is 5.10 Å². The molecule has 0 aliphatic rings. The van der Waals surface area contributed by atoms with Gasteiger partial charge in [0, 0.05) is 22.9 Å². The van der Waals surface area contributed by atoms with Crippen molar-refractivity contribution in [3.63, 3.8) is 0 Å². The quantitative estimate of drug-likeness (QED) is 0.301. The molecule has 6 nitrogen and oxygen atoms in total. The number of hydrogen-bond acceptors (Lipinski definition) is 5. The summed E-state index contributed by atoms with van der Waals surface area (Å²) in [6.45, 7) is 1.89. The first-order chi connectivity index (χ1) is 18.0. The molecule has 7 heteroatoms. The van der Waals surface area contributed by atoms with Gasteiger partial charge in [-0.15, -0.1) is 11.3 Å². The maximum absolute atomic E-state index is 12.8. The largest absolute Gasteiger partial charge is 0.324 e. The van der Waals surface area contributed by atoms with Crippen LogP contribution in [0.15, 0.2) is 102 Å². The first kappa shape index (κ1) is 22.8. The maximum Gasteiger partial charge on any atom is 0.267 e. The van der Waals surface area contributed by atoms with Gasteiger partial charge in [-0.3, -0.25) is 9.59 Å². The van der Waals surface area contributed by atoms with Crippen molar-refractivity contribution in [2.75, 3.05) is 5.32 Å². The number of nitrogens with one attached hydrogen (secondary N) is 1. The van der Waals surface area contributed by atoms with E-state index >= 15 is 0 Å². The van der Waals surface area contributed by atoms with Crippen LogP contribution in [-0.4, -0.2) is 20.7 Å². The van der Waals surface area contributed by atoms with Gasteiger partial charge in [0.05, 0.1) is 15.9 Å². The third-order valence-corrected chi connectivity index (χ3v) is 7.25. The lowest BCUT2D eigenvalue weighted by molar-refractivity contribution is -0.117. The van der Waals surface area contributed by atoms with Gasteiger partial charge < -0.3 is 5.32 Å². The molecule has 0 atom stereocenters. The van der Waals surface area contributed by atoms with Crippen molar-refractivity contribution in [2.45, 2.75) is 13.5 Å². The normalized spacial score (nSPS) is 11.2. The second-order valence-electron chi connectivity index (χ2n) is 8.86. The molecule has 0 saturated carbocycles. The molecule has 6 aromatic rings. The highest BCUT2D eigenvalue weighted by atomic mass is 32.1. The van der Waals surface area contributed by atoms with E-state index in [4.69, 9.17) is 4.98 Å². The van der Waals surface area contributed by atoms with Crippen LogP contribution in [0.25, 0.3) is 42.8 Å². The molecule has 0 bridgehead atoms. The van der Waals surface area contributed by atoms with Crippen LogP contribution in [0.5, 0.6) is 0 Å². The Balaban J connectivity index is 1.20. The number of aromatic nitrogens is 3. The van der Waals surface area contributed by atoms with Gasteiger partial charge in [-0.05, 0) is 65.7 Å². The summed E-state index contributed by atoms with van der Waals surface area (Å²) in [7, 11) is 0. The van der Waals surface area contributed by atoms with Crippen molar-refractivity contribution in [3.8, 4) is 21.8 Å². The van der Waals surface area contributed by atoms with Gasteiger partial charge in [0.1, 0.15) is 11.6 Å². The fourth-order valence-corrected chi connectivity index (χ4v) is 5.41. The lowest BCUT2D eigenvalue weighted by Crippen LogP contribution is -2.29. The monoisotopic (exact) mass is 502 g/mol. The highest BCUT2D eigenvalue weighted by Gasteiger charge is 2.11. The van der Waals surface area contributed by atoms with Crippen LogP contribution in [0.3, 0.4) is 0 Å². The second-order valence-corrected chi connectivity index (χ2v) is 9.89. The molecule has 4 aromatic carbocycles. The molecule has 0 aliphatic carbocycles. The number of amides is 1. The molecule has 1 amide bonds. The van der Waals surface area contributed by atoms with Crippen molar-refractivity contribution in [2.24, 2.45) is 0 Å². The first-order valence-electron chi connectivity index (χ1n) is 11.9. The molecule has 2 aromatic heterocycles. The molecular formula is C30H22N4O2S. The average molecular weight is 503 g/mol. The van der Waals surface area contributed by atoms with Crippen LogP contribution >= 0.6 is 11.3 Å². The van der Waals surface area contributed by atoms with E-state index in [2.05, 4.69) is 29.5 Å². The van der Waals surface area contributed by atoms with Crippen LogP contribution in [0.1, 0.15) is 5.56 Å². The molecule has 0 radical (unpaired) electrons. The summed E-state index contributed by atoms with van der Waals surface area (Å²) >= 11 is 1.64. The molecule has 0 unspecified atom stereocenters. The number of rotatable bonds is 5. The average Bonchev–Trinajstić information content (AvgIpc) is 3.33. The van der Waals surface area contributed by atoms with Crippen molar-refractivity contribution in [1.82, 2.24) is 14.8 Å². The van der Waals surface area contributed by atoms with E-state index in [1.807, 2.05) is 72.8 Å². The summed E-state index contributed by atoms with van der Waals surface area (Å²) in [6.07, 6.45) is 0. The Bertz CT molecular complexity index is 1830. The predicted molar refractivity (Wildman–Crippen MR) is 150 cm³/mol. The fraction of sp³-hybridized carbons (Fsp3) is 0.0667. The number of thiazole rings is 1. The SMILES string of the molecule is Cc1ccc2nc(-c3ccc(NC(=O)Cn4nc(-c5cccc6ccccc56)ccc4=O)cc3)sc2c1. The smallest absolute Gasteiger partial charge is 0.267 e. The van der Waals surface area contributed by atoms with E-state index in [1.54, 1.807) is 17.4 Å². The van der Waals surface area contributed by atoms with Crippen LogP contribution in [0.2, 0.25) is 0 Å². The number of fused-ring (bicyclic) bond motifs is 2. The van der Waals surface area contributed by atoms with Gasteiger partial charge in [-0.1, -0.05) is 48.5 Å². The Morgan fingerprint density at radius 2 is 1.73 bits per heavy atom. The van der Waals surface area contributed by atoms with Gasteiger partial charge in [0.15, 0.2) is 0 Å². The summed E-state index contributed by atoms with van der Waals surface area (Å²) in [5.41, 5.74) is 5.03. The Kier molecular flexibility index (Phi) is 5.82. The zero-order valence-corrected chi connectivity index (χ0v) is 20.8. The molecule has 0 fully saturated rings. The minimum Gasteiger partial charge on any atom is -0.324 e. The molecular weight excluding hydrogens is 480 g/mol. The zero-order chi connectivity index (χ0) is 25.4. The minimum atomic E-state index is -0.333. The molecule has 180 valence electrons. The third kappa shape index (κ3) is 4.64. The van der Waals surface area contributed by atoms with Gasteiger partial charge in [0.25, 0.3) is 5.56 Å². The molecule has 37 heavy (non-hydrogen) atoms. The van der Waals surface area contributed by atoms with E-state index < -0.39 is 0 Å². The number of nitrogens with zero attached hydrogens (tertiary/aromatic N) is 3. The fourth-order valence-electron chi connectivity index (χ4n) is 4.34. The first-order valence-corrected chi connectivity index (χ1v) is 12.7. The summed E-state index contributed by atoms with van der Waals surface area (Å²) in [4.78, 5) is 30.0. The summed E-state index contributed by atoms with van der Waals surface area (Å²) in [5, 5.41) is 10.4. The Hall–Kier alpha value is -4.62. The number of carbonyl (C=O) groups is 1. The highest BCUT2D eigenvalue weighted by molar-refractivity contribution is 7.21. The van der Waals surface area contributed by atoms with E-state index in [1.165, 1.54) is 16.3 Å². The third-order valence-electron chi connectivity index (χ3n) is 6.19. The van der Waals surface area contributed by atoms with Gasteiger partial charge >= 0.3 is 0 Å². The number of aryl methyl sites for hydroxylation is 1. The number of hydrogen-bond donors (Lipinski definition) is 1. The van der Waals surface area contributed by atoms with Crippen LogP contribution < -0.4 is 10.9 Å². The number of benzene rings is 4. The standard InChI is InChI=1S/C30H22N4O2S/c1-19-9-14-26-27(17-19)37-30(32-26)21-10-12-22(13-11-21)31-28(35)18-34-29(36)16-15-25(33-34)24-8-4-6-20-5-2-3-7-23(20)24/h2-17H,18H2,1H3,(H,31,35). The molecule has 0 spiro atoms. The van der Waals surface area contributed by atoms with E-state index in [0.717, 1.165) is 37.1 Å². The topological polar surface area (TPSA) is 76.9 Å². The van der Waals surface area contributed by atoms with Crippen molar-refractivity contribution in [3.05, 3.63) is 113 Å². The molecule has 0 aliphatic heterocycles. The summed E-state index contributed by atoms with van der Waals surface area (Å²) in [6, 6.07) is 30.9. The lowest BCUT2D eigenvalue weighted by atomic mass is 10.0. The lowest BCUT2D eigenvalue weighted by Gasteiger charge is -2.10. The Morgan fingerprint density at radius 1 is 0.919 bits per heavy atom. The second kappa shape index (κ2) is 9.44. The Morgan fingerprint density at radius 3 is 2.59 bits per heavy atom. The van der Waals surface area contributed by atoms with Crippen molar-refractivity contribution >= 4 is 43.9 Å². The molecule has 6 rings (SSSR count). The van der Waals surface area contributed by atoms with Crippen LogP contribution in [0, 0.1) is 6.92 Å². The minimum absolute atomic E-state index is 0.184. The van der Waals surface area contributed by atoms with Crippen molar-refractivity contribution in [1.29, 1.82) is 0 Å². The van der Waals surface area contributed by atoms with Crippen LogP contribution in [-0.2, 0) is 11.3 Å². The Labute approximate surface area is 216 Å². The van der Waals surface area contributed by atoms with E-state index in [9.17, 15) is 9.59 Å². The number of anilines is 1. The van der Waals surface area contributed by atoms with E-state index in [0.29, 0.717) is 11.4 Å². The molecule has 0 saturated heterocycles. The predicted octanol–water partition coefficient (Wildman–Crippen LogP) is 6.29. The number of carbonyl (C=O) groups excluding carboxylic acids is 1. The summed E-state index contributed by atoms with van der Waals surface area (Å²) < 4.78 is 2.35. The van der Waals surface area contributed by atoms with Crippen LogP contribution in [0.4, 0.5) is 5.69 Å². The van der Waals surface area contributed by atoms with E-state index in [-0.39, 0.29) is 18.0 Å².